The molecule has 5 heteroatoms. The number of amides is 1. The van der Waals surface area contributed by atoms with Crippen molar-refractivity contribution in [3.05, 3.63) is 16.3 Å². The van der Waals surface area contributed by atoms with Gasteiger partial charge in [-0.15, -0.1) is 11.3 Å². The predicted molar refractivity (Wildman–Crippen MR) is 40.1 cm³/mol. The molecule has 4 nitrogen and oxygen atoms in total. The Bertz CT molecular complexity index is 258. The van der Waals surface area contributed by atoms with Crippen molar-refractivity contribution in [1.29, 1.82) is 0 Å². The lowest BCUT2D eigenvalue weighted by Crippen LogP contribution is -2.16. The minimum atomic E-state index is -0.515. The second kappa shape index (κ2) is 3.36. The number of ether oxygens (including phenoxy) is 1. The number of thiophene rings is 1. The van der Waals surface area contributed by atoms with Gasteiger partial charge in [0.1, 0.15) is 5.75 Å². The lowest BCUT2D eigenvalue weighted by Gasteiger charge is -1.91. The third-order valence-corrected chi connectivity index (χ3v) is 2.04. The molecule has 0 spiro atoms. The van der Waals surface area contributed by atoms with E-state index in [1.165, 1.54) is 23.9 Å². The SMILES string of the molecule is COc1csc(C(=O)NO)c1. The first-order valence-electron chi connectivity index (χ1n) is 2.85. The number of carbonyl (C=O) groups is 1. The van der Waals surface area contributed by atoms with Crippen molar-refractivity contribution in [2.75, 3.05) is 7.11 Å². The van der Waals surface area contributed by atoms with Crippen LogP contribution in [-0.2, 0) is 0 Å². The highest BCUT2D eigenvalue weighted by Crippen LogP contribution is 2.20. The largest absolute Gasteiger partial charge is 0.496 e. The van der Waals surface area contributed by atoms with E-state index in [-0.39, 0.29) is 0 Å². The molecule has 0 aliphatic carbocycles. The van der Waals surface area contributed by atoms with Crippen molar-refractivity contribution in [3.8, 4) is 5.75 Å². The van der Waals surface area contributed by atoms with E-state index < -0.39 is 5.91 Å². The zero-order valence-corrected chi connectivity index (χ0v) is 6.64. The molecule has 60 valence electrons. The average molecular weight is 173 g/mol. The number of rotatable bonds is 2. The molecule has 1 rings (SSSR count). The van der Waals surface area contributed by atoms with Crippen molar-refractivity contribution >= 4 is 17.2 Å². The molecule has 0 aromatic carbocycles. The van der Waals surface area contributed by atoms with Gasteiger partial charge in [0, 0.05) is 11.4 Å². The summed E-state index contributed by atoms with van der Waals surface area (Å²) in [6, 6.07) is 1.55. The van der Waals surface area contributed by atoms with Gasteiger partial charge in [-0.3, -0.25) is 10.0 Å². The maximum atomic E-state index is 10.7. The second-order valence-electron chi connectivity index (χ2n) is 1.79. The Morgan fingerprint density at radius 1 is 1.82 bits per heavy atom. The third kappa shape index (κ3) is 1.69. The molecule has 1 amide bonds. The van der Waals surface area contributed by atoms with Crippen molar-refractivity contribution in [1.82, 2.24) is 5.48 Å². The van der Waals surface area contributed by atoms with E-state index in [1.807, 2.05) is 0 Å². The summed E-state index contributed by atoms with van der Waals surface area (Å²) in [7, 11) is 1.52. The van der Waals surface area contributed by atoms with Gasteiger partial charge in [-0.05, 0) is 0 Å². The zero-order valence-electron chi connectivity index (χ0n) is 5.83. The standard InChI is InChI=1S/C6H7NO3S/c1-10-4-2-5(11-3-4)6(8)7-9/h2-3,9H,1H3,(H,7,8). The van der Waals surface area contributed by atoms with Crippen LogP contribution in [0.3, 0.4) is 0 Å². The van der Waals surface area contributed by atoms with Crippen molar-refractivity contribution in [2.24, 2.45) is 0 Å². The van der Waals surface area contributed by atoms with E-state index in [0.717, 1.165) is 0 Å². The van der Waals surface area contributed by atoms with Crippen LogP contribution in [0, 0.1) is 0 Å². The molecule has 11 heavy (non-hydrogen) atoms. The minimum absolute atomic E-state index is 0.421. The van der Waals surface area contributed by atoms with Crippen molar-refractivity contribution < 1.29 is 14.7 Å². The van der Waals surface area contributed by atoms with E-state index in [1.54, 1.807) is 11.4 Å². The van der Waals surface area contributed by atoms with E-state index in [0.29, 0.717) is 10.6 Å². The molecule has 0 aliphatic rings. The summed E-state index contributed by atoms with van der Waals surface area (Å²) >= 11 is 1.21. The van der Waals surface area contributed by atoms with Crippen LogP contribution in [0.25, 0.3) is 0 Å². The molecule has 1 aromatic rings. The molecule has 0 saturated carbocycles. The molecule has 0 radical (unpaired) electrons. The number of carbonyl (C=O) groups excluding carboxylic acids is 1. The molecule has 0 unspecified atom stereocenters. The summed E-state index contributed by atoms with van der Waals surface area (Å²) in [6.07, 6.45) is 0. The van der Waals surface area contributed by atoms with Crippen LogP contribution in [0.2, 0.25) is 0 Å². The van der Waals surface area contributed by atoms with E-state index in [2.05, 4.69) is 0 Å². The molecule has 0 aliphatic heterocycles. The fraction of sp³-hybridized carbons (Fsp3) is 0.167. The fourth-order valence-electron chi connectivity index (χ4n) is 0.600. The highest BCUT2D eigenvalue weighted by molar-refractivity contribution is 7.12. The Labute approximate surface area is 67.4 Å². The van der Waals surface area contributed by atoms with Gasteiger partial charge in [-0.2, -0.15) is 0 Å². The van der Waals surface area contributed by atoms with Crippen LogP contribution in [0.15, 0.2) is 11.4 Å². The van der Waals surface area contributed by atoms with Crippen LogP contribution in [-0.4, -0.2) is 18.2 Å². The van der Waals surface area contributed by atoms with Crippen molar-refractivity contribution in [2.45, 2.75) is 0 Å². The zero-order chi connectivity index (χ0) is 8.27. The molecule has 2 N–H and O–H groups in total. The van der Waals surface area contributed by atoms with Gasteiger partial charge in [0.15, 0.2) is 0 Å². The van der Waals surface area contributed by atoms with Gasteiger partial charge < -0.3 is 4.74 Å². The summed E-state index contributed by atoms with van der Waals surface area (Å²) in [5.74, 6) is 0.104. The minimum Gasteiger partial charge on any atom is -0.496 e. The molecule has 0 atom stereocenters. The monoisotopic (exact) mass is 173 g/mol. The van der Waals surface area contributed by atoms with Crippen LogP contribution in [0.5, 0.6) is 5.75 Å². The van der Waals surface area contributed by atoms with Crippen molar-refractivity contribution in [3.63, 3.8) is 0 Å². The van der Waals surface area contributed by atoms with E-state index >= 15 is 0 Å². The Hall–Kier alpha value is -1.07. The van der Waals surface area contributed by atoms with Gasteiger partial charge in [0.05, 0.1) is 12.0 Å². The number of hydrogen-bond donors (Lipinski definition) is 2. The average Bonchev–Trinajstić information content (AvgIpc) is 2.50. The fourth-order valence-corrected chi connectivity index (χ4v) is 1.34. The van der Waals surface area contributed by atoms with Crippen LogP contribution in [0.1, 0.15) is 9.67 Å². The second-order valence-corrected chi connectivity index (χ2v) is 2.70. The van der Waals surface area contributed by atoms with E-state index in [4.69, 9.17) is 9.94 Å². The Balaban J connectivity index is 2.80. The molecule has 1 aromatic heterocycles. The maximum Gasteiger partial charge on any atom is 0.284 e. The van der Waals surface area contributed by atoms with Gasteiger partial charge in [0.25, 0.3) is 5.91 Å². The van der Waals surface area contributed by atoms with Gasteiger partial charge >= 0.3 is 0 Å². The van der Waals surface area contributed by atoms with Crippen LogP contribution >= 0.6 is 11.3 Å². The Morgan fingerprint density at radius 3 is 3.00 bits per heavy atom. The lowest BCUT2D eigenvalue weighted by molar-refractivity contribution is 0.0711. The Kier molecular flexibility index (Phi) is 2.45. The number of hydroxylamine groups is 1. The smallest absolute Gasteiger partial charge is 0.284 e. The van der Waals surface area contributed by atoms with Gasteiger partial charge in [-0.25, -0.2) is 5.48 Å². The summed E-state index contributed by atoms with van der Waals surface area (Å²) < 4.78 is 4.84. The number of nitrogens with one attached hydrogen (secondary N) is 1. The van der Waals surface area contributed by atoms with E-state index in [9.17, 15) is 4.79 Å². The predicted octanol–water partition coefficient (Wildman–Crippen LogP) is 0.876. The summed E-state index contributed by atoms with van der Waals surface area (Å²) in [5, 5.41) is 9.92. The molecule has 0 fully saturated rings. The highest BCUT2D eigenvalue weighted by atomic mass is 32.1. The highest BCUT2D eigenvalue weighted by Gasteiger charge is 2.06. The molecule has 0 bridgehead atoms. The first kappa shape index (κ1) is 8.03. The van der Waals surface area contributed by atoms with Gasteiger partial charge in [0.2, 0.25) is 0 Å². The summed E-state index contributed by atoms with van der Waals surface area (Å²) in [6.45, 7) is 0. The lowest BCUT2D eigenvalue weighted by atomic mass is 10.4. The summed E-state index contributed by atoms with van der Waals surface area (Å²) in [4.78, 5) is 11.2. The first-order valence-corrected chi connectivity index (χ1v) is 3.73. The topological polar surface area (TPSA) is 58.6 Å². The van der Waals surface area contributed by atoms with Crippen LogP contribution < -0.4 is 10.2 Å². The third-order valence-electron chi connectivity index (χ3n) is 1.14. The maximum absolute atomic E-state index is 10.7. The Morgan fingerprint density at radius 2 is 2.55 bits per heavy atom. The summed E-state index contributed by atoms with van der Waals surface area (Å²) in [5.41, 5.74) is 1.53. The molecule has 1 heterocycles. The quantitative estimate of drug-likeness (QED) is 0.515. The number of methoxy groups -OCH3 is 1. The molecular weight excluding hydrogens is 166 g/mol. The number of hydrogen-bond acceptors (Lipinski definition) is 4. The van der Waals surface area contributed by atoms with Crippen LogP contribution in [0.4, 0.5) is 0 Å². The van der Waals surface area contributed by atoms with Gasteiger partial charge in [-0.1, -0.05) is 0 Å². The molecular formula is C6H7NO3S. The molecule has 0 saturated heterocycles. The first-order chi connectivity index (χ1) is 5.27. The normalized spacial score (nSPS) is 9.27.